The molecule has 0 aliphatic rings. The Morgan fingerprint density at radius 3 is 2.89 bits per heavy atom. The van der Waals surface area contributed by atoms with E-state index in [1.807, 2.05) is 36.4 Å². The number of anilines is 1. The first kappa shape index (κ1) is 10.1. The van der Waals surface area contributed by atoms with Crippen LogP contribution in [0.15, 0.2) is 42.6 Å². The van der Waals surface area contributed by atoms with E-state index in [-0.39, 0.29) is 0 Å². The molecule has 0 saturated carbocycles. The molecule has 0 bridgehead atoms. The molecular formula is C14H11N5. The number of aromatic amines is 2. The van der Waals surface area contributed by atoms with E-state index in [4.69, 9.17) is 5.73 Å². The summed E-state index contributed by atoms with van der Waals surface area (Å²) < 4.78 is 0. The zero-order valence-electron chi connectivity index (χ0n) is 10.0. The van der Waals surface area contributed by atoms with E-state index in [2.05, 4.69) is 20.2 Å². The molecule has 0 atom stereocenters. The average Bonchev–Trinajstić information content (AvgIpc) is 3.02. The van der Waals surface area contributed by atoms with Gasteiger partial charge < -0.3 is 10.7 Å². The number of benzene rings is 2. The highest BCUT2D eigenvalue weighted by molar-refractivity contribution is 5.86. The first-order chi connectivity index (χ1) is 9.29. The topological polar surface area (TPSA) is 83.4 Å². The predicted octanol–water partition coefficient (Wildman–Crippen LogP) is 2.69. The fourth-order valence-corrected chi connectivity index (χ4v) is 2.25. The monoisotopic (exact) mass is 249 g/mol. The van der Waals surface area contributed by atoms with Gasteiger partial charge in [-0.05, 0) is 24.3 Å². The number of fused-ring (bicyclic) bond motifs is 2. The highest BCUT2D eigenvalue weighted by Crippen LogP contribution is 2.24. The number of nitrogens with zero attached hydrogens (tertiary/aromatic N) is 2. The number of rotatable bonds is 1. The average molecular weight is 249 g/mol. The third kappa shape index (κ3) is 1.55. The van der Waals surface area contributed by atoms with Gasteiger partial charge in [0.25, 0.3) is 0 Å². The molecule has 0 radical (unpaired) electrons. The molecule has 2 aromatic heterocycles. The van der Waals surface area contributed by atoms with Crippen molar-refractivity contribution in [3.8, 4) is 11.4 Å². The largest absolute Gasteiger partial charge is 0.399 e. The summed E-state index contributed by atoms with van der Waals surface area (Å²) in [4.78, 5) is 7.85. The summed E-state index contributed by atoms with van der Waals surface area (Å²) in [6.45, 7) is 0. The maximum absolute atomic E-state index is 5.77. The molecule has 0 saturated heterocycles. The molecule has 92 valence electrons. The van der Waals surface area contributed by atoms with Crippen molar-refractivity contribution in [3.63, 3.8) is 0 Å². The maximum atomic E-state index is 5.77. The van der Waals surface area contributed by atoms with Gasteiger partial charge in [-0.15, -0.1) is 0 Å². The van der Waals surface area contributed by atoms with Crippen LogP contribution in [0.25, 0.3) is 33.3 Å². The van der Waals surface area contributed by atoms with Crippen LogP contribution in [0.2, 0.25) is 0 Å². The summed E-state index contributed by atoms with van der Waals surface area (Å²) in [5, 5.41) is 8.07. The molecule has 0 aliphatic carbocycles. The summed E-state index contributed by atoms with van der Waals surface area (Å²) in [5.74, 6) is 0.831. The van der Waals surface area contributed by atoms with E-state index in [1.54, 1.807) is 6.20 Å². The molecule has 19 heavy (non-hydrogen) atoms. The standard InChI is InChI=1S/C14H11N5/c15-10-3-4-11-13(6-10)18-14(17-11)8-1-2-9-7-16-19-12(9)5-8/h1-7H,15H2,(H,16,19)(H,17,18). The smallest absolute Gasteiger partial charge is 0.138 e. The fraction of sp³-hybridized carbons (Fsp3) is 0. The SMILES string of the molecule is Nc1ccc2nc(-c3ccc4cn[nH]c4c3)[nH]c2c1. The minimum atomic E-state index is 0.728. The number of nitrogen functional groups attached to an aromatic ring is 1. The molecule has 5 heteroatoms. The minimum absolute atomic E-state index is 0.728. The normalized spacial score (nSPS) is 11.4. The van der Waals surface area contributed by atoms with Crippen molar-refractivity contribution in [2.75, 3.05) is 5.73 Å². The van der Waals surface area contributed by atoms with E-state index in [0.717, 1.165) is 39.0 Å². The maximum Gasteiger partial charge on any atom is 0.138 e. The van der Waals surface area contributed by atoms with Crippen LogP contribution in [0.1, 0.15) is 0 Å². The van der Waals surface area contributed by atoms with Crippen LogP contribution in [-0.4, -0.2) is 20.2 Å². The van der Waals surface area contributed by atoms with E-state index >= 15 is 0 Å². The summed E-state index contributed by atoms with van der Waals surface area (Å²) in [6.07, 6.45) is 1.80. The van der Waals surface area contributed by atoms with Gasteiger partial charge in [-0.3, -0.25) is 5.10 Å². The van der Waals surface area contributed by atoms with E-state index in [1.165, 1.54) is 0 Å². The lowest BCUT2D eigenvalue weighted by molar-refractivity contribution is 1.12. The predicted molar refractivity (Wildman–Crippen MR) is 75.6 cm³/mol. The Balaban J connectivity index is 1.92. The van der Waals surface area contributed by atoms with Gasteiger partial charge in [-0.2, -0.15) is 5.10 Å². The van der Waals surface area contributed by atoms with E-state index < -0.39 is 0 Å². The number of imidazole rings is 1. The van der Waals surface area contributed by atoms with Crippen LogP contribution < -0.4 is 5.73 Å². The minimum Gasteiger partial charge on any atom is -0.399 e. The summed E-state index contributed by atoms with van der Waals surface area (Å²) in [5.41, 5.74) is 10.4. The number of hydrogen-bond donors (Lipinski definition) is 3. The second-order valence-electron chi connectivity index (χ2n) is 4.53. The van der Waals surface area contributed by atoms with Crippen molar-refractivity contribution in [2.24, 2.45) is 0 Å². The molecule has 5 nitrogen and oxygen atoms in total. The van der Waals surface area contributed by atoms with Crippen molar-refractivity contribution in [1.82, 2.24) is 20.2 Å². The third-order valence-corrected chi connectivity index (χ3v) is 3.22. The summed E-state index contributed by atoms with van der Waals surface area (Å²) >= 11 is 0. The first-order valence-corrected chi connectivity index (χ1v) is 5.98. The molecule has 4 N–H and O–H groups in total. The van der Waals surface area contributed by atoms with Crippen molar-refractivity contribution in [1.29, 1.82) is 0 Å². The zero-order chi connectivity index (χ0) is 12.8. The van der Waals surface area contributed by atoms with Gasteiger partial charge in [0.1, 0.15) is 5.82 Å². The number of hydrogen-bond acceptors (Lipinski definition) is 3. The zero-order valence-corrected chi connectivity index (χ0v) is 10.0. The molecular weight excluding hydrogens is 238 g/mol. The Morgan fingerprint density at radius 2 is 1.95 bits per heavy atom. The number of nitrogens with two attached hydrogens (primary N) is 1. The molecule has 0 unspecified atom stereocenters. The third-order valence-electron chi connectivity index (χ3n) is 3.22. The van der Waals surface area contributed by atoms with Crippen LogP contribution in [0.4, 0.5) is 5.69 Å². The van der Waals surface area contributed by atoms with Gasteiger partial charge in [-0.25, -0.2) is 4.98 Å². The number of H-pyrrole nitrogens is 2. The molecule has 4 aromatic rings. The molecule has 2 heterocycles. The Hall–Kier alpha value is -2.82. The first-order valence-electron chi connectivity index (χ1n) is 5.98. The van der Waals surface area contributed by atoms with E-state index in [0.29, 0.717) is 0 Å². The number of nitrogens with one attached hydrogen (secondary N) is 2. The Kier molecular flexibility index (Phi) is 1.91. The Labute approximate surface area is 108 Å². The van der Waals surface area contributed by atoms with Crippen molar-refractivity contribution in [2.45, 2.75) is 0 Å². The van der Waals surface area contributed by atoms with Crippen molar-refractivity contribution < 1.29 is 0 Å². The molecule has 2 aromatic carbocycles. The van der Waals surface area contributed by atoms with Gasteiger partial charge in [-0.1, -0.05) is 12.1 Å². The van der Waals surface area contributed by atoms with Gasteiger partial charge >= 0.3 is 0 Å². The van der Waals surface area contributed by atoms with Crippen LogP contribution >= 0.6 is 0 Å². The van der Waals surface area contributed by atoms with Gasteiger partial charge in [0, 0.05) is 16.6 Å². The fourth-order valence-electron chi connectivity index (χ4n) is 2.25. The quantitative estimate of drug-likeness (QED) is 0.453. The van der Waals surface area contributed by atoms with Gasteiger partial charge in [0.15, 0.2) is 0 Å². The van der Waals surface area contributed by atoms with E-state index in [9.17, 15) is 0 Å². The van der Waals surface area contributed by atoms with Crippen LogP contribution in [0, 0.1) is 0 Å². The lowest BCUT2D eigenvalue weighted by Crippen LogP contribution is -1.82. The van der Waals surface area contributed by atoms with Crippen molar-refractivity contribution >= 4 is 27.6 Å². The molecule has 0 amide bonds. The lowest BCUT2D eigenvalue weighted by Gasteiger charge is -1.96. The molecule has 0 spiro atoms. The number of aromatic nitrogens is 4. The highest BCUT2D eigenvalue weighted by atomic mass is 15.1. The summed E-state index contributed by atoms with van der Waals surface area (Å²) in [6, 6.07) is 11.7. The van der Waals surface area contributed by atoms with Crippen LogP contribution in [-0.2, 0) is 0 Å². The van der Waals surface area contributed by atoms with Gasteiger partial charge in [0.2, 0.25) is 0 Å². The summed E-state index contributed by atoms with van der Waals surface area (Å²) in [7, 11) is 0. The molecule has 4 rings (SSSR count). The van der Waals surface area contributed by atoms with Gasteiger partial charge in [0.05, 0.1) is 22.7 Å². The highest BCUT2D eigenvalue weighted by Gasteiger charge is 2.06. The lowest BCUT2D eigenvalue weighted by atomic mass is 10.1. The Bertz CT molecular complexity index is 887. The molecule has 0 fully saturated rings. The molecule has 0 aliphatic heterocycles. The van der Waals surface area contributed by atoms with Crippen LogP contribution in [0.5, 0.6) is 0 Å². The second-order valence-corrected chi connectivity index (χ2v) is 4.53. The van der Waals surface area contributed by atoms with Crippen molar-refractivity contribution in [3.05, 3.63) is 42.6 Å². The van der Waals surface area contributed by atoms with Crippen LogP contribution in [0.3, 0.4) is 0 Å². The second kappa shape index (κ2) is 3.58. The Morgan fingerprint density at radius 1 is 1.00 bits per heavy atom.